The Morgan fingerprint density at radius 2 is 1.21 bits per heavy atom. The maximum absolute atomic E-state index is 2.60. The van der Waals surface area contributed by atoms with E-state index in [9.17, 15) is 0 Å². The van der Waals surface area contributed by atoms with E-state index >= 15 is 0 Å². The second-order valence-electron chi connectivity index (χ2n) is 5.28. The van der Waals surface area contributed by atoms with E-state index in [2.05, 4.69) is 44.4 Å². The van der Waals surface area contributed by atoms with E-state index < -0.39 is 0 Å². The summed E-state index contributed by atoms with van der Waals surface area (Å²) in [5.74, 6) is 0.808. The summed E-state index contributed by atoms with van der Waals surface area (Å²) >= 11 is 0. The third kappa shape index (κ3) is 3.25. The second-order valence-corrected chi connectivity index (χ2v) is 5.28. The topological polar surface area (TPSA) is 6.48 Å². The van der Waals surface area contributed by atoms with Crippen LogP contribution in [0.25, 0.3) is 0 Å². The number of hydrogen-bond acceptors (Lipinski definition) is 2. The molecule has 1 saturated heterocycles. The zero-order valence-corrected chi connectivity index (χ0v) is 10.5. The Bertz CT molecular complexity index is 148. The zero-order chi connectivity index (χ0) is 10.7. The van der Waals surface area contributed by atoms with Crippen molar-refractivity contribution in [3.63, 3.8) is 0 Å². The monoisotopic (exact) mass is 198 g/mol. The Morgan fingerprint density at radius 1 is 0.857 bits per heavy atom. The Balaban J connectivity index is 2.53. The lowest BCUT2D eigenvalue weighted by atomic mass is 10.1. The molecule has 0 aromatic rings. The predicted molar refractivity (Wildman–Crippen MR) is 62.6 cm³/mol. The van der Waals surface area contributed by atoms with Gasteiger partial charge in [-0.15, -0.1) is 0 Å². The number of nitrogens with zero attached hydrogens (tertiary/aromatic N) is 2. The van der Waals surface area contributed by atoms with Gasteiger partial charge in [-0.3, -0.25) is 9.80 Å². The standard InChI is InChI=1S/C12H26N2/c1-10(2)13-6-7-14(11(3)4)9-12(5)8-13/h10-12H,6-9H2,1-5H3. The van der Waals surface area contributed by atoms with E-state index in [1.807, 2.05) is 0 Å². The minimum absolute atomic E-state index is 0.699. The first-order valence-corrected chi connectivity index (χ1v) is 5.98. The summed E-state index contributed by atoms with van der Waals surface area (Å²) in [7, 11) is 0. The largest absolute Gasteiger partial charge is 0.299 e. The highest BCUT2D eigenvalue weighted by molar-refractivity contribution is 4.77. The summed E-state index contributed by atoms with van der Waals surface area (Å²) in [6, 6.07) is 1.40. The molecule has 2 heteroatoms. The molecule has 0 saturated carbocycles. The van der Waals surface area contributed by atoms with Crippen molar-refractivity contribution in [2.45, 2.75) is 46.7 Å². The first kappa shape index (κ1) is 12.0. The number of rotatable bonds is 2. The van der Waals surface area contributed by atoms with Crippen molar-refractivity contribution in [3.8, 4) is 0 Å². The lowest BCUT2D eigenvalue weighted by Gasteiger charge is -2.26. The van der Waals surface area contributed by atoms with E-state index in [-0.39, 0.29) is 0 Å². The van der Waals surface area contributed by atoms with Gasteiger partial charge in [0, 0.05) is 38.3 Å². The average molecular weight is 198 g/mol. The van der Waals surface area contributed by atoms with Crippen molar-refractivity contribution < 1.29 is 0 Å². The van der Waals surface area contributed by atoms with Crippen LogP contribution in [0.15, 0.2) is 0 Å². The lowest BCUT2D eigenvalue weighted by molar-refractivity contribution is 0.202. The zero-order valence-electron chi connectivity index (χ0n) is 10.5. The third-order valence-electron chi connectivity index (χ3n) is 3.23. The summed E-state index contributed by atoms with van der Waals surface area (Å²) < 4.78 is 0. The van der Waals surface area contributed by atoms with Crippen LogP contribution in [0, 0.1) is 5.92 Å². The Hall–Kier alpha value is -0.0800. The van der Waals surface area contributed by atoms with Crippen LogP contribution in [0.3, 0.4) is 0 Å². The van der Waals surface area contributed by atoms with Crippen molar-refractivity contribution in [2.24, 2.45) is 5.92 Å². The lowest BCUT2D eigenvalue weighted by Crippen LogP contribution is -2.37. The van der Waals surface area contributed by atoms with Gasteiger partial charge in [-0.1, -0.05) is 6.92 Å². The van der Waals surface area contributed by atoms with Gasteiger partial charge in [-0.2, -0.15) is 0 Å². The molecule has 1 rings (SSSR count). The van der Waals surface area contributed by atoms with Crippen LogP contribution in [0.1, 0.15) is 34.6 Å². The quantitative estimate of drug-likeness (QED) is 0.670. The van der Waals surface area contributed by atoms with Crippen molar-refractivity contribution >= 4 is 0 Å². The first-order valence-electron chi connectivity index (χ1n) is 5.98. The summed E-state index contributed by atoms with van der Waals surface area (Å²) in [5, 5.41) is 0. The van der Waals surface area contributed by atoms with Gasteiger partial charge in [0.25, 0.3) is 0 Å². The molecule has 0 aromatic carbocycles. The SMILES string of the molecule is CC1CN(C(C)C)CCN(C(C)C)C1. The van der Waals surface area contributed by atoms with Gasteiger partial charge in [-0.25, -0.2) is 0 Å². The Kier molecular flexibility index (Phi) is 4.39. The maximum Gasteiger partial charge on any atom is 0.0112 e. The molecule has 1 fully saturated rings. The van der Waals surface area contributed by atoms with Crippen molar-refractivity contribution in [2.75, 3.05) is 26.2 Å². The molecule has 14 heavy (non-hydrogen) atoms. The van der Waals surface area contributed by atoms with Crippen LogP contribution in [0.5, 0.6) is 0 Å². The van der Waals surface area contributed by atoms with Crippen molar-refractivity contribution in [1.82, 2.24) is 9.80 Å². The molecule has 0 atom stereocenters. The molecule has 0 amide bonds. The van der Waals surface area contributed by atoms with Gasteiger partial charge in [0.2, 0.25) is 0 Å². The molecule has 0 spiro atoms. The van der Waals surface area contributed by atoms with Crippen molar-refractivity contribution in [1.29, 1.82) is 0 Å². The molecule has 0 N–H and O–H groups in total. The highest BCUT2D eigenvalue weighted by atomic mass is 15.2. The number of hydrogen-bond donors (Lipinski definition) is 0. The summed E-state index contributed by atoms with van der Waals surface area (Å²) in [4.78, 5) is 5.21. The molecule has 1 aliphatic heterocycles. The predicted octanol–water partition coefficient (Wildman–Crippen LogP) is 2.06. The molecular weight excluding hydrogens is 172 g/mol. The Labute approximate surface area is 89.3 Å². The van der Waals surface area contributed by atoms with Gasteiger partial charge in [0.05, 0.1) is 0 Å². The van der Waals surface area contributed by atoms with Crippen LogP contribution in [-0.4, -0.2) is 48.1 Å². The molecule has 0 bridgehead atoms. The third-order valence-corrected chi connectivity index (χ3v) is 3.23. The normalized spacial score (nSPS) is 23.4. The second kappa shape index (κ2) is 5.13. The summed E-state index contributed by atoms with van der Waals surface area (Å²) in [6.45, 7) is 16.6. The summed E-state index contributed by atoms with van der Waals surface area (Å²) in [6.07, 6.45) is 0. The molecule has 1 aliphatic rings. The van der Waals surface area contributed by atoms with Crippen molar-refractivity contribution in [3.05, 3.63) is 0 Å². The fraction of sp³-hybridized carbons (Fsp3) is 1.00. The van der Waals surface area contributed by atoms with Crippen LogP contribution in [0.4, 0.5) is 0 Å². The molecule has 0 radical (unpaired) electrons. The molecule has 84 valence electrons. The highest BCUT2D eigenvalue weighted by Crippen LogP contribution is 2.13. The maximum atomic E-state index is 2.60. The molecular formula is C12H26N2. The van der Waals surface area contributed by atoms with Gasteiger partial charge in [-0.05, 0) is 33.6 Å². The molecule has 2 nitrogen and oxygen atoms in total. The van der Waals surface area contributed by atoms with E-state index in [1.165, 1.54) is 26.2 Å². The minimum atomic E-state index is 0.699. The molecule has 1 heterocycles. The van der Waals surface area contributed by atoms with Crippen LogP contribution in [-0.2, 0) is 0 Å². The van der Waals surface area contributed by atoms with Crippen LogP contribution >= 0.6 is 0 Å². The first-order chi connectivity index (χ1) is 6.50. The van der Waals surface area contributed by atoms with Crippen LogP contribution in [0.2, 0.25) is 0 Å². The molecule has 0 aliphatic carbocycles. The van der Waals surface area contributed by atoms with E-state index in [0.29, 0.717) is 12.1 Å². The van der Waals surface area contributed by atoms with Gasteiger partial charge >= 0.3 is 0 Å². The Morgan fingerprint density at radius 3 is 1.50 bits per heavy atom. The van der Waals surface area contributed by atoms with Crippen LogP contribution < -0.4 is 0 Å². The highest BCUT2D eigenvalue weighted by Gasteiger charge is 2.22. The molecule has 0 unspecified atom stereocenters. The van der Waals surface area contributed by atoms with Gasteiger partial charge in [0.1, 0.15) is 0 Å². The fourth-order valence-corrected chi connectivity index (χ4v) is 2.24. The van der Waals surface area contributed by atoms with E-state index in [0.717, 1.165) is 5.92 Å². The van der Waals surface area contributed by atoms with Gasteiger partial charge in [0.15, 0.2) is 0 Å². The van der Waals surface area contributed by atoms with E-state index in [1.54, 1.807) is 0 Å². The minimum Gasteiger partial charge on any atom is -0.299 e. The smallest absolute Gasteiger partial charge is 0.0112 e. The van der Waals surface area contributed by atoms with Gasteiger partial charge < -0.3 is 0 Å². The molecule has 0 aromatic heterocycles. The average Bonchev–Trinajstić information content (AvgIpc) is 2.26. The van der Waals surface area contributed by atoms with E-state index in [4.69, 9.17) is 0 Å². The summed E-state index contributed by atoms with van der Waals surface area (Å²) in [5.41, 5.74) is 0. The fourth-order valence-electron chi connectivity index (χ4n) is 2.24.